The molecule has 13 heavy (non-hydrogen) atoms. The first-order valence-corrected chi connectivity index (χ1v) is 4.65. The Bertz CT molecular complexity index is 265. The molecule has 1 aromatic rings. The fourth-order valence-corrected chi connectivity index (χ4v) is 1.60. The van der Waals surface area contributed by atoms with Gasteiger partial charge in [-0.15, -0.1) is 0 Å². The van der Waals surface area contributed by atoms with Gasteiger partial charge in [0.1, 0.15) is 5.75 Å². The molecule has 0 saturated heterocycles. The third-order valence-electron chi connectivity index (χ3n) is 1.26. The average molecular weight is 206 g/mol. The molecule has 1 aromatic carbocycles. The van der Waals surface area contributed by atoms with E-state index in [-0.39, 0.29) is 29.6 Å². The molecule has 0 N–H and O–H groups in total. The van der Waals surface area contributed by atoms with E-state index in [9.17, 15) is 14.5 Å². The quantitative estimate of drug-likeness (QED) is 0.381. The van der Waals surface area contributed by atoms with Crippen LogP contribution in [0, 0.1) is 0 Å². The summed E-state index contributed by atoms with van der Waals surface area (Å²) in [6.07, 6.45) is 0. The zero-order valence-corrected chi connectivity index (χ0v) is 10.0. The molecule has 1 rings (SSSR count). The summed E-state index contributed by atoms with van der Waals surface area (Å²) < 4.78 is 11.1. The first-order chi connectivity index (χ1) is 5.70. The molecule has 0 saturated carbocycles. The standard InChI is InChI=1S/C8H8O3S.Na/c9-8(10)6-12(11)7-4-2-1-3-5-7;/h1-5H,6H2,(H,9,10);/q;+1/p-1. The van der Waals surface area contributed by atoms with Crippen LogP contribution in [0.4, 0.5) is 0 Å². The van der Waals surface area contributed by atoms with Crippen LogP contribution in [0.3, 0.4) is 0 Å². The molecule has 1 atom stereocenters. The number of rotatable bonds is 3. The number of carbonyl (C=O) groups is 1. The van der Waals surface area contributed by atoms with Gasteiger partial charge in [0, 0.05) is 0 Å². The van der Waals surface area contributed by atoms with E-state index in [4.69, 9.17) is 0 Å². The van der Waals surface area contributed by atoms with Crippen LogP contribution in [0.25, 0.3) is 0 Å². The van der Waals surface area contributed by atoms with Crippen LogP contribution >= 0.6 is 0 Å². The van der Waals surface area contributed by atoms with Gasteiger partial charge in [-0.25, -0.2) is 0 Å². The maximum Gasteiger partial charge on any atom is 1.00 e. The van der Waals surface area contributed by atoms with Crippen LogP contribution in [0.2, 0.25) is 0 Å². The van der Waals surface area contributed by atoms with Gasteiger partial charge in [-0.3, -0.25) is 0 Å². The van der Waals surface area contributed by atoms with E-state index in [1.54, 1.807) is 30.3 Å². The Kier molecular flexibility index (Phi) is 6.45. The maximum atomic E-state index is 11.1. The van der Waals surface area contributed by atoms with E-state index in [0.717, 1.165) is 0 Å². The maximum absolute atomic E-state index is 11.1. The van der Waals surface area contributed by atoms with Gasteiger partial charge in [-0.2, -0.15) is 0 Å². The summed E-state index contributed by atoms with van der Waals surface area (Å²) in [5.41, 5.74) is 0. The monoisotopic (exact) mass is 206 g/mol. The van der Waals surface area contributed by atoms with Crippen LogP contribution in [-0.4, -0.2) is 16.3 Å². The fraction of sp³-hybridized carbons (Fsp3) is 0.125. The first kappa shape index (κ1) is 13.0. The van der Waals surface area contributed by atoms with E-state index in [2.05, 4.69) is 0 Å². The van der Waals surface area contributed by atoms with Gasteiger partial charge >= 0.3 is 29.6 Å². The average Bonchev–Trinajstić information content (AvgIpc) is 2.05. The molecule has 0 aliphatic heterocycles. The predicted octanol–water partition coefficient (Wildman–Crippen LogP) is -3.45. The number of carbonyl (C=O) groups excluding carboxylic acids is 1. The van der Waals surface area contributed by atoms with Crippen molar-refractivity contribution < 1.29 is 44.0 Å². The molecule has 0 aromatic heterocycles. The van der Waals surface area contributed by atoms with Gasteiger partial charge in [-0.1, -0.05) is 18.2 Å². The molecular formula is C8H7NaO3S. The van der Waals surface area contributed by atoms with Crippen molar-refractivity contribution in [1.29, 1.82) is 0 Å². The summed E-state index contributed by atoms with van der Waals surface area (Å²) in [7, 11) is 0. The van der Waals surface area contributed by atoms with E-state index in [0.29, 0.717) is 4.90 Å². The van der Waals surface area contributed by atoms with Gasteiger partial charge in [0.25, 0.3) is 0 Å². The SMILES string of the molecule is O=C([O-])C[S+]([O-])c1ccccc1.[Na+]. The summed E-state index contributed by atoms with van der Waals surface area (Å²) in [5.74, 6) is -1.73. The molecular weight excluding hydrogens is 199 g/mol. The van der Waals surface area contributed by atoms with Crippen molar-refractivity contribution in [2.24, 2.45) is 0 Å². The topological polar surface area (TPSA) is 63.2 Å². The molecule has 1 unspecified atom stereocenters. The zero-order chi connectivity index (χ0) is 8.97. The van der Waals surface area contributed by atoms with Crippen LogP contribution in [-0.2, 0) is 16.0 Å². The molecule has 0 fully saturated rings. The van der Waals surface area contributed by atoms with E-state index in [1.165, 1.54) is 0 Å². The van der Waals surface area contributed by atoms with Crippen LogP contribution in [0.15, 0.2) is 35.2 Å². The number of hydrogen-bond donors (Lipinski definition) is 0. The van der Waals surface area contributed by atoms with Gasteiger partial charge in [-0.05, 0) is 23.3 Å². The number of aliphatic carboxylic acids is 1. The van der Waals surface area contributed by atoms with Crippen LogP contribution in [0.1, 0.15) is 0 Å². The summed E-state index contributed by atoms with van der Waals surface area (Å²) in [4.78, 5) is 10.6. The predicted molar refractivity (Wildman–Crippen MR) is 42.7 cm³/mol. The third kappa shape index (κ3) is 4.69. The zero-order valence-electron chi connectivity index (χ0n) is 7.23. The van der Waals surface area contributed by atoms with Gasteiger partial charge in [0.05, 0.1) is 5.97 Å². The van der Waals surface area contributed by atoms with Crippen molar-refractivity contribution in [1.82, 2.24) is 0 Å². The first-order valence-electron chi connectivity index (χ1n) is 3.33. The Hall–Kier alpha value is 0. The third-order valence-corrected chi connectivity index (χ3v) is 2.55. The number of hydrogen-bond acceptors (Lipinski definition) is 3. The Morgan fingerprint density at radius 1 is 1.31 bits per heavy atom. The van der Waals surface area contributed by atoms with Crippen molar-refractivity contribution in [3.8, 4) is 0 Å². The summed E-state index contributed by atoms with van der Waals surface area (Å²) in [5, 5.41) is 10.1. The van der Waals surface area contributed by atoms with Crippen molar-refractivity contribution in [3.05, 3.63) is 30.3 Å². The van der Waals surface area contributed by atoms with Crippen molar-refractivity contribution in [2.75, 3.05) is 5.75 Å². The Morgan fingerprint density at radius 2 is 1.85 bits per heavy atom. The molecule has 0 radical (unpaired) electrons. The van der Waals surface area contributed by atoms with E-state index >= 15 is 0 Å². The summed E-state index contributed by atoms with van der Waals surface area (Å²) in [6, 6.07) is 8.45. The number of carboxylic acid groups (broad SMARTS) is 1. The van der Waals surface area contributed by atoms with Gasteiger partial charge in [0.15, 0.2) is 4.90 Å². The smallest absolute Gasteiger partial charge is 0.611 e. The second-order valence-electron chi connectivity index (χ2n) is 2.17. The summed E-state index contributed by atoms with van der Waals surface area (Å²) >= 11 is -1.48. The van der Waals surface area contributed by atoms with Crippen LogP contribution in [0.5, 0.6) is 0 Å². The molecule has 0 amide bonds. The Morgan fingerprint density at radius 3 is 2.31 bits per heavy atom. The summed E-state index contributed by atoms with van der Waals surface area (Å²) in [6.45, 7) is 0. The Balaban J connectivity index is 0.00000144. The molecule has 3 nitrogen and oxygen atoms in total. The van der Waals surface area contributed by atoms with Crippen LogP contribution < -0.4 is 34.7 Å². The molecule has 0 heterocycles. The molecule has 0 spiro atoms. The van der Waals surface area contributed by atoms with E-state index in [1.807, 2.05) is 0 Å². The molecule has 5 heteroatoms. The fourth-order valence-electron chi connectivity index (χ4n) is 0.763. The van der Waals surface area contributed by atoms with Crippen molar-refractivity contribution in [2.45, 2.75) is 4.90 Å². The van der Waals surface area contributed by atoms with Gasteiger partial charge < -0.3 is 14.5 Å². The normalized spacial score (nSPS) is 11.5. The van der Waals surface area contributed by atoms with Gasteiger partial charge in [0.2, 0.25) is 0 Å². The minimum atomic E-state index is -1.48. The van der Waals surface area contributed by atoms with Crippen molar-refractivity contribution >= 4 is 17.1 Å². The molecule has 0 bridgehead atoms. The second kappa shape index (κ2) is 6.45. The minimum Gasteiger partial charge on any atom is -0.611 e. The second-order valence-corrected chi connectivity index (χ2v) is 3.63. The van der Waals surface area contributed by atoms with Crippen molar-refractivity contribution in [3.63, 3.8) is 0 Å². The number of carboxylic acids is 1. The minimum absolute atomic E-state index is 0. The Labute approximate surface area is 102 Å². The molecule has 64 valence electrons. The largest absolute Gasteiger partial charge is 1.00 e. The number of benzene rings is 1. The van der Waals surface area contributed by atoms with E-state index < -0.39 is 22.9 Å². The molecule has 0 aliphatic rings. The molecule has 0 aliphatic carbocycles.